The average Bonchev–Trinajstić information content (AvgIpc) is 2.18. The number of aliphatic hydroxyl groups excluding tert-OH is 1. The largest absolute Gasteiger partial charge is 0.507 e. The van der Waals surface area contributed by atoms with E-state index in [1.54, 1.807) is 6.07 Å². The van der Waals surface area contributed by atoms with Gasteiger partial charge in [0.25, 0.3) is 0 Å². The molecule has 4 N–H and O–H groups in total. The highest BCUT2D eigenvalue weighted by atomic mass is 16.3. The molecule has 14 heavy (non-hydrogen) atoms. The van der Waals surface area contributed by atoms with E-state index in [0.29, 0.717) is 5.56 Å². The Hall–Kier alpha value is -1.06. The van der Waals surface area contributed by atoms with Crippen LogP contribution in [0.2, 0.25) is 0 Å². The normalized spacial score (nSPS) is 20.6. The molecule has 0 bridgehead atoms. The summed E-state index contributed by atoms with van der Waals surface area (Å²) in [4.78, 5) is 0. The Morgan fingerprint density at radius 2 is 2.21 bits per heavy atom. The summed E-state index contributed by atoms with van der Waals surface area (Å²) in [5.41, 5.74) is 8.46. The number of fused-ring (bicyclic) bond motifs is 1. The summed E-state index contributed by atoms with van der Waals surface area (Å²) in [6.45, 7) is -0.133. The summed E-state index contributed by atoms with van der Waals surface area (Å²) in [7, 11) is 0. The van der Waals surface area contributed by atoms with Crippen molar-refractivity contribution in [2.75, 3.05) is 0 Å². The third-order valence-electron chi connectivity index (χ3n) is 2.89. The Bertz CT molecular complexity index is 349. The zero-order chi connectivity index (χ0) is 10.1. The van der Waals surface area contributed by atoms with E-state index in [2.05, 4.69) is 0 Å². The van der Waals surface area contributed by atoms with Gasteiger partial charge in [0.15, 0.2) is 0 Å². The van der Waals surface area contributed by atoms with Gasteiger partial charge in [-0.25, -0.2) is 0 Å². The first kappa shape index (κ1) is 9.49. The molecule has 1 aromatic carbocycles. The van der Waals surface area contributed by atoms with Crippen LogP contribution in [-0.2, 0) is 13.0 Å². The van der Waals surface area contributed by atoms with Gasteiger partial charge in [-0.2, -0.15) is 0 Å². The Morgan fingerprint density at radius 3 is 2.93 bits per heavy atom. The lowest BCUT2D eigenvalue weighted by atomic mass is 9.86. The first-order chi connectivity index (χ1) is 6.74. The smallest absolute Gasteiger partial charge is 0.126 e. The highest BCUT2D eigenvalue weighted by Crippen LogP contribution is 2.36. The van der Waals surface area contributed by atoms with Crippen molar-refractivity contribution in [2.24, 2.45) is 5.73 Å². The van der Waals surface area contributed by atoms with Crippen molar-refractivity contribution in [2.45, 2.75) is 31.9 Å². The van der Waals surface area contributed by atoms with E-state index < -0.39 is 0 Å². The van der Waals surface area contributed by atoms with Crippen molar-refractivity contribution in [3.8, 4) is 5.75 Å². The van der Waals surface area contributed by atoms with Crippen molar-refractivity contribution >= 4 is 0 Å². The van der Waals surface area contributed by atoms with Crippen LogP contribution in [-0.4, -0.2) is 10.2 Å². The van der Waals surface area contributed by atoms with Crippen molar-refractivity contribution in [3.05, 3.63) is 28.8 Å². The minimum Gasteiger partial charge on any atom is -0.507 e. The van der Waals surface area contributed by atoms with Crippen LogP contribution in [0.5, 0.6) is 5.75 Å². The molecule has 0 aliphatic heterocycles. The lowest BCUT2D eigenvalue weighted by molar-refractivity contribution is 0.274. The number of benzene rings is 1. The van der Waals surface area contributed by atoms with Gasteiger partial charge in [0.2, 0.25) is 0 Å². The van der Waals surface area contributed by atoms with E-state index >= 15 is 0 Å². The fourth-order valence-corrected chi connectivity index (χ4v) is 2.11. The minimum atomic E-state index is -0.133. The number of phenols is 1. The fourth-order valence-electron chi connectivity index (χ4n) is 2.11. The number of aliphatic hydroxyl groups is 1. The van der Waals surface area contributed by atoms with Crippen molar-refractivity contribution in [1.29, 1.82) is 0 Å². The van der Waals surface area contributed by atoms with Gasteiger partial charge in [0.1, 0.15) is 5.75 Å². The van der Waals surface area contributed by atoms with Gasteiger partial charge >= 0.3 is 0 Å². The molecule has 1 atom stereocenters. The summed E-state index contributed by atoms with van der Waals surface area (Å²) >= 11 is 0. The summed E-state index contributed by atoms with van der Waals surface area (Å²) in [6, 6.07) is 3.65. The lowest BCUT2D eigenvalue weighted by Crippen LogP contribution is -2.18. The number of nitrogens with two attached hydrogens (primary N) is 1. The predicted molar refractivity (Wildman–Crippen MR) is 53.9 cm³/mol. The van der Waals surface area contributed by atoms with Gasteiger partial charge < -0.3 is 15.9 Å². The topological polar surface area (TPSA) is 66.5 Å². The maximum absolute atomic E-state index is 9.87. The van der Waals surface area contributed by atoms with Crippen molar-refractivity contribution in [3.63, 3.8) is 0 Å². The second-order valence-corrected chi connectivity index (χ2v) is 3.80. The molecule has 0 saturated carbocycles. The molecule has 2 rings (SSSR count). The van der Waals surface area contributed by atoms with Gasteiger partial charge in [-0.15, -0.1) is 0 Å². The molecule has 0 radical (unpaired) electrons. The molecule has 0 aromatic heterocycles. The van der Waals surface area contributed by atoms with Crippen LogP contribution >= 0.6 is 0 Å². The Labute approximate surface area is 83.2 Å². The molecule has 0 heterocycles. The van der Waals surface area contributed by atoms with E-state index in [1.165, 1.54) is 0 Å². The third kappa shape index (κ3) is 1.38. The van der Waals surface area contributed by atoms with Crippen LogP contribution < -0.4 is 5.73 Å². The van der Waals surface area contributed by atoms with E-state index in [-0.39, 0.29) is 18.4 Å². The second kappa shape index (κ2) is 3.59. The quantitative estimate of drug-likeness (QED) is 0.628. The van der Waals surface area contributed by atoms with E-state index in [9.17, 15) is 5.11 Å². The molecule has 1 aliphatic carbocycles. The molecule has 1 aromatic rings. The molecule has 1 aliphatic rings. The fraction of sp³-hybridized carbons (Fsp3) is 0.455. The molecule has 76 valence electrons. The van der Waals surface area contributed by atoms with Crippen LogP contribution in [0.15, 0.2) is 12.1 Å². The van der Waals surface area contributed by atoms with Gasteiger partial charge in [-0.1, -0.05) is 12.1 Å². The van der Waals surface area contributed by atoms with Gasteiger partial charge in [-0.05, 0) is 24.8 Å². The summed E-state index contributed by atoms with van der Waals surface area (Å²) in [5.74, 6) is 0.192. The molecular weight excluding hydrogens is 178 g/mol. The van der Waals surface area contributed by atoms with Crippen molar-refractivity contribution in [1.82, 2.24) is 0 Å². The van der Waals surface area contributed by atoms with Crippen LogP contribution in [0, 0.1) is 0 Å². The molecule has 3 nitrogen and oxygen atoms in total. The average molecular weight is 193 g/mol. The lowest BCUT2D eigenvalue weighted by Gasteiger charge is -2.24. The summed E-state index contributed by atoms with van der Waals surface area (Å²) in [6.07, 6.45) is 2.96. The monoisotopic (exact) mass is 193 g/mol. The number of aryl methyl sites for hydroxylation is 1. The summed E-state index contributed by atoms with van der Waals surface area (Å²) in [5, 5.41) is 18.9. The maximum atomic E-state index is 9.87. The molecule has 0 amide bonds. The Morgan fingerprint density at radius 1 is 1.43 bits per heavy atom. The molecule has 3 heteroatoms. The number of rotatable bonds is 1. The first-order valence-electron chi connectivity index (χ1n) is 4.94. The van der Waals surface area contributed by atoms with Crippen molar-refractivity contribution < 1.29 is 10.2 Å². The molecule has 0 spiro atoms. The maximum Gasteiger partial charge on any atom is 0.126 e. The second-order valence-electron chi connectivity index (χ2n) is 3.80. The Balaban J connectivity index is 2.54. The molecule has 1 unspecified atom stereocenters. The SMILES string of the molecule is NC1CCCc2ccc(CO)c(O)c21. The van der Waals surface area contributed by atoms with Crippen LogP contribution in [0.4, 0.5) is 0 Å². The zero-order valence-corrected chi connectivity index (χ0v) is 8.03. The molecule has 0 fully saturated rings. The van der Waals surface area contributed by atoms with E-state index in [1.807, 2.05) is 6.07 Å². The minimum absolute atomic E-state index is 0.0785. The van der Waals surface area contributed by atoms with Crippen LogP contribution in [0.1, 0.15) is 35.6 Å². The summed E-state index contributed by atoms with van der Waals surface area (Å²) < 4.78 is 0. The number of hydrogen-bond donors (Lipinski definition) is 3. The predicted octanol–water partition coefficient (Wildman–Crippen LogP) is 1.22. The first-order valence-corrected chi connectivity index (χ1v) is 4.94. The van der Waals surface area contributed by atoms with E-state index in [4.69, 9.17) is 10.8 Å². The van der Waals surface area contributed by atoms with Gasteiger partial charge in [-0.3, -0.25) is 0 Å². The molecule has 0 saturated heterocycles. The highest BCUT2D eigenvalue weighted by Gasteiger charge is 2.21. The standard InChI is InChI=1S/C11H15NO2/c12-9-3-1-2-7-4-5-8(6-13)11(14)10(7)9/h4-5,9,13-14H,1-3,6,12H2. The Kier molecular flexibility index (Phi) is 2.44. The van der Waals surface area contributed by atoms with Gasteiger partial charge in [0, 0.05) is 17.2 Å². The van der Waals surface area contributed by atoms with Crippen LogP contribution in [0.3, 0.4) is 0 Å². The van der Waals surface area contributed by atoms with E-state index in [0.717, 1.165) is 30.4 Å². The van der Waals surface area contributed by atoms with Gasteiger partial charge in [0.05, 0.1) is 6.61 Å². The number of hydrogen-bond acceptors (Lipinski definition) is 3. The molecular formula is C11H15NO2. The third-order valence-corrected chi connectivity index (χ3v) is 2.89. The highest BCUT2D eigenvalue weighted by molar-refractivity contribution is 5.48. The van der Waals surface area contributed by atoms with Crippen LogP contribution in [0.25, 0.3) is 0 Å². The zero-order valence-electron chi connectivity index (χ0n) is 8.03. The number of aromatic hydroxyl groups is 1.